The highest BCUT2D eigenvalue weighted by Crippen LogP contribution is 2.17. The number of amides is 1. The number of nitrogens with one attached hydrogen (secondary N) is 1. The van der Waals surface area contributed by atoms with E-state index in [1.165, 1.54) is 5.56 Å². The van der Waals surface area contributed by atoms with Crippen LogP contribution in [0.1, 0.15) is 39.2 Å². The van der Waals surface area contributed by atoms with Crippen LogP contribution in [-0.4, -0.2) is 12.5 Å². The molecular weight excluding hydrogens is 222 g/mol. The Balaban J connectivity index is 2.57. The first-order chi connectivity index (χ1) is 8.65. The van der Waals surface area contributed by atoms with Crippen LogP contribution in [0.25, 0.3) is 0 Å². The summed E-state index contributed by atoms with van der Waals surface area (Å²) < 4.78 is 0. The quantitative estimate of drug-likeness (QED) is 0.735. The molecule has 0 aliphatic rings. The van der Waals surface area contributed by atoms with Gasteiger partial charge in [0, 0.05) is 12.5 Å². The minimum Gasteiger partial charge on any atom is -0.356 e. The molecule has 0 bridgehead atoms. The largest absolute Gasteiger partial charge is 0.356 e. The van der Waals surface area contributed by atoms with Crippen LogP contribution in [0.2, 0.25) is 0 Å². The summed E-state index contributed by atoms with van der Waals surface area (Å²) >= 11 is 0. The molecule has 1 aromatic rings. The molecule has 0 fully saturated rings. The SMILES string of the molecule is CCCCNC(=O)[C@H](Cc1ccccc1)C(C)C. The molecule has 2 nitrogen and oxygen atoms in total. The van der Waals surface area contributed by atoms with Crippen molar-refractivity contribution >= 4 is 5.91 Å². The van der Waals surface area contributed by atoms with E-state index in [9.17, 15) is 4.79 Å². The third-order valence-electron chi connectivity index (χ3n) is 3.27. The number of hydrogen-bond acceptors (Lipinski definition) is 1. The van der Waals surface area contributed by atoms with Gasteiger partial charge in [0.15, 0.2) is 0 Å². The second-order valence-corrected chi connectivity index (χ2v) is 5.18. The number of hydrogen-bond donors (Lipinski definition) is 1. The van der Waals surface area contributed by atoms with Crippen LogP contribution < -0.4 is 5.32 Å². The summed E-state index contributed by atoms with van der Waals surface area (Å²) in [7, 11) is 0. The molecule has 1 aromatic carbocycles. The smallest absolute Gasteiger partial charge is 0.223 e. The zero-order valence-corrected chi connectivity index (χ0v) is 11.8. The van der Waals surface area contributed by atoms with Crippen LogP contribution in [0.15, 0.2) is 30.3 Å². The number of unbranched alkanes of at least 4 members (excludes halogenated alkanes) is 1. The van der Waals surface area contributed by atoms with E-state index in [4.69, 9.17) is 0 Å². The fourth-order valence-corrected chi connectivity index (χ4v) is 2.02. The highest BCUT2D eigenvalue weighted by Gasteiger charge is 2.21. The Morgan fingerprint density at radius 2 is 1.89 bits per heavy atom. The molecule has 0 aromatic heterocycles. The number of benzene rings is 1. The van der Waals surface area contributed by atoms with Crippen LogP contribution in [0.4, 0.5) is 0 Å². The lowest BCUT2D eigenvalue weighted by atomic mass is 9.88. The van der Waals surface area contributed by atoms with Gasteiger partial charge in [0.2, 0.25) is 5.91 Å². The van der Waals surface area contributed by atoms with Crippen LogP contribution in [0.5, 0.6) is 0 Å². The minimum absolute atomic E-state index is 0.0734. The maximum absolute atomic E-state index is 12.2. The van der Waals surface area contributed by atoms with Crippen molar-refractivity contribution in [2.24, 2.45) is 11.8 Å². The van der Waals surface area contributed by atoms with Gasteiger partial charge in [-0.25, -0.2) is 0 Å². The van der Waals surface area contributed by atoms with Gasteiger partial charge in [0.05, 0.1) is 0 Å². The third kappa shape index (κ3) is 4.91. The Labute approximate surface area is 111 Å². The first-order valence-corrected chi connectivity index (χ1v) is 6.96. The second kappa shape index (κ2) is 7.91. The summed E-state index contributed by atoms with van der Waals surface area (Å²) in [4.78, 5) is 12.2. The molecule has 0 radical (unpaired) electrons. The van der Waals surface area contributed by atoms with E-state index < -0.39 is 0 Å². The van der Waals surface area contributed by atoms with E-state index >= 15 is 0 Å². The fourth-order valence-electron chi connectivity index (χ4n) is 2.02. The van der Waals surface area contributed by atoms with Gasteiger partial charge in [-0.3, -0.25) is 4.79 Å². The third-order valence-corrected chi connectivity index (χ3v) is 3.27. The maximum atomic E-state index is 12.2. The Hall–Kier alpha value is -1.31. The van der Waals surface area contributed by atoms with Crippen molar-refractivity contribution < 1.29 is 4.79 Å². The molecule has 100 valence electrons. The summed E-state index contributed by atoms with van der Waals surface area (Å²) in [6, 6.07) is 10.3. The first kappa shape index (κ1) is 14.7. The Kier molecular flexibility index (Phi) is 6.48. The Morgan fingerprint density at radius 3 is 2.44 bits per heavy atom. The summed E-state index contributed by atoms with van der Waals surface area (Å²) in [5.74, 6) is 0.637. The molecule has 1 amide bonds. The van der Waals surface area contributed by atoms with E-state index in [-0.39, 0.29) is 11.8 Å². The molecule has 0 unspecified atom stereocenters. The molecule has 1 N–H and O–H groups in total. The van der Waals surface area contributed by atoms with E-state index in [0.29, 0.717) is 5.92 Å². The van der Waals surface area contributed by atoms with E-state index in [2.05, 4.69) is 38.2 Å². The zero-order chi connectivity index (χ0) is 13.4. The monoisotopic (exact) mass is 247 g/mol. The van der Waals surface area contributed by atoms with Crippen LogP contribution >= 0.6 is 0 Å². The molecule has 1 rings (SSSR count). The first-order valence-electron chi connectivity index (χ1n) is 6.96. The predicted octanol–water partition coefficient (Wildman–Crippen LogP) is 3.42. The van der Waals surface area contributed by atoms with Gasteiger partial charge in [0.1, 0.15) is 0 Å². The van der Waals surface area contributed by atoms with Gasteiger partial charge in [-0.05, 0) is 24.3 Å². The molecule has 2 heteroatoms. The highest BCUT2D eigenvalue weighted by atomic mass is 16.1. The van der Waals surface area contributed by atoms with Gasteiger partial charge in [-0.1, -0.05) is 57.5 Å². The minimum atomic E-state index is 0.0734. The van der Waals surface area contributed by atoms with Gasteiger partial charge in [0.25, 0.3) is 0 Å². The summed E-state index contributed by atoms with van der Waals surface area (Å²) in [6.07, 6.45) is 3.00. The van der Waals surface area contributed by atoms with Crippen molar-refractivity contribution in [2.45, 2.75) is 40.0 Å². The van der Waals surface area contributed by atoms with Crippen molar-refractivity contribution in [3.8, 4) is 0 Å². The molecule has 0 saturated carbocycles. The number of carbonyl (C=O) groups excluding carboxylic acids is 1. The van der Waals surface area contributed by atoms with Gasteiger partial charge in [-0.2, -0.15) is 0 Å². The lowest BCUT2D eigenvalue weighted by Gasteiger charge is -2.20. The maximum Gasteiger partial charge on any atom is 0.223 e. The van der Waals surface area contributed by atoms with Crippen molar-refractivity contribution in [3.63, 3.8) is 0 Å². The lowest BCUT2D eigenvalue weighted by Crippen LogP contribution is -2.35. The van der Waals surface area contributed by atoms with Crippen LogP contribution in [-0.2, 0) is 11.2 Å². The van der Waals surface area contributed by atoms with Crippen LogP contribution in [0.3, 0.4) is 0 Å². The van der Waals surface area contributed by atoms with Gasteiger partial charge >= 0.3 is 0 Å². The van der Waals surface area contributed by atoms with Gasteiger partial charge in [-0.15, -0.1) is 0 Å². The Morgan fingerprint density at radius 1 is 1.22 bits per heavy atom. The Bertz CT molecular complexity index is 345. The van der Waals surface area contributed by atoms with Crippen molar-refractivity contribution in [1.29, 1.82) is 0 Å². The van der Waals surface area contributed by atoms with Crippen molar-refractivity contribution in [2.75, 3.05) is 6.54 Å². The molecule has 0 saturated heterocycles. The van der Waals surface area contributed by atoms with E-state index in [1.807, 2.05) is 18.2 Å². The molecular formula is C16H25NO. The normalized spacial score (nSPS) is 12.4. The lowest BCUT2D eigenvalue weighted by molar-refractivity contribution is -0.126. The molecule has 1 atom stereocenters. The molecule has 0 spiro atoms. The topological polar surface area (TPSA) is 29.1 Å². The number of carbonyl (C=O) groups is 1. The summed E-state index contributed by atoms with van der Waals surface area (Å²) in [6.45, 7) is 7.17. The standard InChI is InChI=1S/C16H25NO/c1-4-5-11-17-16(18)15(13(2)3)12-14-9-7-6-8-10-14/h6-10,13,15H,4-5,11-12H2,1-3H3,(H,17,18)/t15-/m1/s1. The molecule has 0 aliphatic heterocycles. The molecule has 18 heavy (non-hydrogen) atoms. The van der Waals surface area contributed by atoms with E-state index in [0.717, 1.165) is 25.8 Å². The number of rotatable bonds is 7. The summed E-state index contributed by atoms with van der Waals surface area (Å²) in [5.41, 5.74) is 1.24. The highest BCUT2D eigenvalue weighted by molar-refractivity contribution is 5.79. The average Bonchev–Trinajstić information content (AvgIpc) is 2.37. The average molecular weight is 247 g/mol. The molecule has 0 heterocycles. The zero-order valence-electron chi connectivity index (χ0n) is 11.8. The van der Waals surface area contributed by atoms with E-state index in [1.54, 1.807) is 0 Å². The van der Waals surface area contributed by atoms with Crippen LogP contribution in [0, 0.1) is 11.8 Å². The molecule has 0 aliphatic carbocycles. The second-order valence-electron chi connectivity index (χ2n) is 5.18. The fraction of sp³-hybridized carbons (Fsp3) is 0.562. The van der Waals surface area contributed by atoms with Gasteiger partial charge < -0.3 is 5.32 Å². The van der Waals surface area contributed by atoms with Crippen molar-refractivity contribution in [3.05, 3.63) is 35.9 Å². The summed E-state index contributed by atoms with van der Waals surface area (Å²) in [5, 5.41) is 3.05. The van der Waals surface area contributed by atoms with Crippen molar-refractivity contribution in [1.82, 2.24) is 5.32 Å². The predicted molar refractivity (Wildman–Crippen MR) is 76.4 cm³/mol.